The topological polar surface area (TPSA) is 68.3 Å². The largest absolute Gasteiger partial charge is 0.369 e. The highest BCUT2D eigenvalue weighted by Crippen LogP contribution is 2.19. The molecular formula is C11H15N3O2. The van der Waals surface area contributed by atoms with Crippen molar-refractivity contribution in [3.05, 3.63) is 23.5 Å². The van der Waals surface area contributed by atoms with Crippen LogP contribution in [0.5, 0.6) is 0 Å². The Bertz CT molecular complexity index is 431. The lowest BCUT2D eigenvalue weighted by molar-refractivity contribution is -0.124. The van der Waals surface area contributed by atoms with Gasteiger partial charge >= 0.3 is 0 Å². The van der Waals surface area contributed by atoms with E-state index in [4.69, 9.17) is 5.73 Å². The summed E-state index contributed by atoms with van der Waals surface area (Å²) < 4.78 is 1.84. The molecule has 1 aliphatic heterocycles. The van der Waals surface area contributed by atoms with E-state index in [1.807, 2.05) is 30.7 Å². The maximum atomic E-state index is 11.8. The Balaban J connectivity index is 2.30. The van der Waals surface area contributed by atoms with Crippen molar-refractivity contribution in [3.63, 3.8) is 0 Å². The fourth-order valence-electron chi connectivity index (χ4n) is 2.12. The van der Waals surface area contributed by atoms with Crippen LogP contribution >= 0.6 is 0 Å². The number of carbonyl (C=O) groups excluding carboxylic acids is 2. The molecule has 5 nitrogen and oxygen atoms in total. The molecule has 1 fully saturated rings. The lowest BCUT2D eigenvalue weighted by Gasteiger charge is -2.21. The third-order valence-corrected chi connectivity index (χ3v) is 2.98. The van der Waals surface area contributed by atoms with Crippen LogP contribution in [-0.4, -0.2) is 23.0 Å². The van der Waals surface area contributed by atoms with Crippen LogP contribution in [0.1, 0.15) is 17.8 Å². The van der Waals surface area contributed by atoms with Gasteiger partial charge in [0.1, 0.15) is 0 Å². The molecule has 0 saturated carbocycles. The Morgan fingerprint density at radius 1 is 1.38 bits per heavy atom. The number of nitrogens with zero attached hydrogens (tertiary/aromatic N) is 2. The summed E-state index contributed by atoms with van der Waals surface area (Å²) >= 11 is 0. The lowest BCUT2D eigenvalue weighted by Crippen LogP contribution is -2.38. The number of aromatic nitrogens is 1. The second-order valence-electron chi connectivity index (χ2n) is 4.21. The standard InChI is InChI=1S/C11H15N3O2/c1-7-3-4-8(2)14(7)13-6-9(11(12)16)5-10(13)15/h3-4,9H,5-6H2,1-2H3,(H2,12,16). The normalized spacial score (nSPS) is 20.5. The van der Waals surface area contributed by atoms with Crippen LogP contribution in [0, 0.1) is 19.8 Å². The summed E-state index contributed by atoms with van der Waals surface area (Å²) in [4.78, 5) is 22.9. The van der Waals surface area contributed by atoms with Crippen molar-refractivity contribution in [2.75, 3.05) is 11.6 Å². The number of nitrogens with two attached hydrogens (primary N) is 1. The molecule has 86 valence electrons. The molecule has 2 rings (SSSR count). The first-order chi connectivity index (χ1) is 7.50. The molecule has 0 spiro atoms. The van der Waals surface area contributed by atoms with Crippen LogP contribution in [0.25, 0.3) is 0 Å². The molecule has 1 aromatic heterocycles. The van der Waals surface area contributed by atoms with E-state index in [0.29, 0.717) is 6.54 Å². The van der Waals surface area contributed by atoms with Crippen molar-refractivity contribution < 1.29 is 9.59 Å². The summed E-state index contributed by atoms with van der Waals surface area (Å²) in [7, 11) is 0. The minimum Gasteiger partial charge on any atom is -0.369 e. The second-order valence-corrected chi connectivity index (χ2v) is 4.21. The van der Waals surface area contributed by atoms with Crippen LogP contribution in [0.15, 0.2) is 12.1 Å². The average Bonchev–Trinajstić information content (AvgIpc) is 2.71. The third-order valence-electron chi connectivity index (χ3n) is 2.98. The number of amides is 2. The molecule has 1 atom stereocenters. The Hall–Kier alpha value is -1.78. The molecular weight excluding hydrogens is 206 g/mol. The number of primary amides is 1. The van der Waals surface area contributed by atoms with E-state index in [9.17, 15) is 9.59 Å². The fourth-order valence-corrected chi connectivity index (χ4v) is 2.12. The number of aryl methyl sites for hydroxylation is 2. The number of carbonyl (C=O) groups is 2. The fraction of sp³-hybridized carbons (Fsp3) is 0.455. The lowest BCUT2D eigenvalue weighted by atomic mass is 10.1. The molecule has 16 heavy (non-hydrogen) atoms. The zero-order valence-corrected chi connectivity index (χ0v) is 9.43. The minimum atomic E-state index is -0.404. The van der Waals surface area contributed by atoms with Gasteiger partial charge in [-0.15, -0.1) is 0 Å². The average molecular weight is 221 g/mol. The molecule has 2 N–H and O–H groups in total. The van der Waals surface area contributed by atoms with Gasteiger partial charge in [0.2, 0.25) is 11.8 Å². The van der Waals surface area contributed by atoms with E-state index >= 15 is 0 Å². The highest BCUT2D eigenvalue weighted by Gasteiger charge is 2.34. The van der Waals surface area contributed by atoms with Gasteiger partial charge < -0.3 is 5.73 Å². The molecule has 0 radical (unpaired) electrons. The zero-order chi connectivity index (χ0) is 11.9. The van der Waals surface area contributed by atoms with Crippen molar-refractivity contribution in [3.8, 4) is 0 Å². The van der Waals surface area contributed by atoms with Gasteiger partial charge in [-0.2, -0.15) is 0 Å². The third kappa shape index (κ3) is 1.58. The molecule has 2 heterocycles. The minimum absolute atomic E-state index is 0.0498. The molecule has 1 unspecified atom stereocenters. The van der Waals surface area contributed by atoms with Gasteiger partial charge in [-0.1, -0.05) is 0 Å². The maximum absolute atomic E-state index is 11.8. The first kappa shape index (κ1) is 10.7. The molecule has 1 aromatic rings. The van der Waals surface area contributed by atoms with Crippen molar-refractivity contribution >= 4 is 11.8 Å². The van der Waals surface area contributed by atoms with Gasteiger partial charge in [0, 0.05) is 17.8 Å². The van der Waals surface area contributed by atoms with Crippen LogP contribution < -0.4 is 10.7 Å². The van der Waals surface area contributed by atoms with Gasteiger partial charge in [0.25, 0.3) is 0 Å². The quantitative estimate of drug-likeness (QED) is 0.768. The zero-order valence-electron chi connectivity index (χ0n) is 9.43. The van der Waals surface area contributed by atoms with Crippen LogP contribution in [0.3, 0.4) is 0 Å². The summed E-state index contributed by atoms with van der Waals surface area (Å²) in [5, 5.41) is 1.60. The van der Waals surface area contributed by atoms with Crippen molar-refractivity contribution in [1.29, 1.82) is 0 Å². The van der Waals surface area contributed by atoms with Gasteiger partial charge in [-0.05, 0) is 26.0 Å². The van der Waals surface area contributed by atoms with Gasteiger partial charge in [-0.25, -0.2) is 5.01 Å². The number of hydrogen-bond acceptors (Lipinski definition) is 2. The molecule has 1 saturated heterocycles. The van der Waals surface area contributed by atoms with Crippen molar-refractivity contribution in [1.82, 2.24) is 4.68 Å². The molecule has 0 aromatic carbocycles. The maximum Gasteiger partial charge on any atom is 0.242 e. The van der Waals surface area contributed by atoms with Crippen molar-refractivity contribution in [2.24, 2.45) is 11.7 Å². The molecule has 0 bridgehead atoms. The highest BCUT2D eigenvalue weighted by atomic mass is 16.2. The highest BCUT2D eigenvalue weighted by molar-refractivity contribution is 5.95. The van der Waals surface area contributed by atoms with E-state index in [-0.39, 0.29) is 18.2 Å². The van der Waals surface area contributed by atoms with E-state index < -0.39 is 5.91 Å². The molecule has 5 heteroatoms. The summed E-state index contributed by atoms with van der Waals surface area (Å²) in [6.07, 6.45) is 0.215. The van der Waals surface area contributed by atoms with Crippen LogP contribution in [0.4, 0.5) is 0 Å². The Morgan fingerprint density at radius 3 is 2.38 bits per heavy atom. The van der Waals surface area contributed by atoms with E-state index in [1.54, 1.807) is 5.01 Å². The summed E-state index contributed by atoms with van der Waals surface area (Å²) in [5.41, 5.74) is 7.19. The number of rotatable bonds is 2. The van der Waals surface area contributed by atoms with E-state index in [2.05, 4.69) is 0 Å². The summed E-state index contributed by atoms with van der Waals surface area (Å²) in [6.45, 7) is 4.24. The van der Waals surface area contributed by atoms with Gasteiger partial charge in [0.15, 0.2) is 0 Å². The van der Waals surface area contributed by atoms with Crippen LogP contribution in [-0.2, 0) is 9.59 Å². The molecule has 1 aliphatic rings. The van der Waals surface area contributed by atoms with Gasteiger partial charge in [-0.3, -0.25) is 14.3 Å². The second kappa shape index (κ2) is 3.66. The first-order valence-corrected chi connectivity index (χ1v) is 5.25. The van der Waals surface area contributed by atoms with Gasteiger partial charge in [0.05, 0.1) is 12.5 Å². The first-order valence-electron chi connectivity index (χ1n) is 5.25. The summed E-state index contributed by atoms with van der Waals surface area (Å²) in [5.74, 6) is -0.821. The molecule has 0 aliphatic carbocycles. The van der Waals surface area contributed by atoms with Crippen LogP contribution in [0.2, 0.25) is 0 Å². The van der Waals surface area contributed by atoms with E-state index in [0.717, 1.165) is 11.4 Å². The predicted octanol–water partition coefficient (Wildman–Crippen LogP) is 0.0747. The molecule has 2 amide bonds. The van der Waals surface area contributed by atoms with Crippen molar-refractivity contribution in [2.45, 2.75) is 20.3 Å². The van der Waals surface area contributed by atoms with E-state index in [1.165, 1.54) is 0 Å². The monoisotopic (exact) mass is 221 g/mol. The Labute approximate surface area is 93.8 Å². The SMILES string of the molecule is Cc1ccc(C)n1N1CC(C(N)=O)CC1=O. The Kier molecular flexibility index (Phi) is 2.46. The Morgan fingerprint density at radius 2 is 1.94 bits per heavy atom. The number of hydrogen-bond donors (Lipinski definition) is 1. The predicted molar refractivity (Wildman–Crippen MR) is 59.3 cm³/mol. The summed E-state index contributed by atoms with van der Waals surface area (Å²) in [6, 6.07) is 3.89. The smallest absolute Gasteiger partial charge is 0.242 e.